The Labute approximate surface area is 201 Å². The third-order valence-electron chi connectivity index (χ3n) is 6.49. The quantitative estimate of drug-likeness (QED) is 0.584. The highest BCUT2D eigenvalue weighted by atomic mass is 35.5. The molecular weight excluding hydrogens is 500 g/mol. The number of nitrogens with one attached hydrogen (secondary N) is 1. The van der Waals surface area contributed by atoms with Crippen molar-refractivity contribution in [3.05, 3.63) is 69.7 Å². The lowest BCUT2D eigenvalue weighted by Crippen LogP contribution is -2.56. The number of carbonyl (C=O) groups is 2. The standard InChI is InChI=1S/C23H20ClF6N3O2/c24-18-4-2-1-3-14(18)12-33-13-31-20(35)21(33)5-7-32(8-6-21)19(34)15-9-16(22(25,26)27)11-17(10-15)23(28,29)30/h1-4,9-11H,5-8,12-13H2,(H,31,35). The molecular formula is C23H20ClF6N3O2. The maximum Gasteiger partial charge on any atom is 0.416 e. The van der Waals surface area contributed by atoms with Crippen LogP contribution in [0.5, 0.6) is 0 Å². The first-order valence-corrected chi connectivity index (χ1v) is 11.0. The number of hydrogen-bond acceptors (Lipinski definition) is 3. The molecule has 2 saturated heterocycles. The number of benzene rings is 2. The van der Waals surface area contributed by atoms with Crippen LogP contribution in [0.3, 0.4) is 0 Å². The SMILES string of the molecule is O=C(c1cc(C(F)(F)F)cc(C(F)(F)F)c1)N1CCC2(CC1)C(=O)NCN2Cc1ccccc1Cl. The van der Waals surface area contributed by atoms with E-state index in [1.165, 1.54) is 4.90 Å². The average Bonchev–Trinajstić information content (AvgIpc) is 3.08. The number of alkyl halides is 6. The molecule has 12 heteroatoms. The number of carbonyl (C=O) groups excluding carboxylic acids is 2. The molecule has 0 unspecified atom stereocenters. The van der Waals surface area contributed by atoms with Gasteiger partial charge in [0, 0.05) is 30.2 Å². The lowest BCUT2D eigenvalue weighted by atomic mass is 9.85. The zero-order chi connectivity index (χ0) is 25.6. The van der Waals surface area contributed by atoms with Crippen LogP contribution in [-0.4, -0.2) is 46.9 Å². The van der Waals surface area contributed by atoms with Crippen molar-refractivity contribution in [1.29, 1.82) is 0 Å². The third-order valence-corrected chi connectivity index (χ3v) is 6.86. The lowest BCUT2D eigenvalue weighted by Gasteiger charge is -2.42. The molecule has 5 nitrogen and oxygen atoms in total. The minimum absolute atomic E-state index is 0.0110. The molecule has 188 valence electrons. The van der Waals surface area contributed by atoms with Crippen molar-refractivity contribution in [2.24, 2.45) is 0 Å². The number of hydrogen-bond donors (Lipinski definition) is 1. The fourth-order valence-electron chi connectivity index (χ4n) is 4.55. The Bertz CT molecular complexity index is 1110. The van der Waals surface area contributed by atoms with Crippen LogP contribution in [0.2, 0.25) is 5.02 Å². The van der Waals surface area contributed by atoms with Crippen molar-refractivity contribution >= 4 is 23.4 Å². The number of amides is 2. The van der Waals surface area contributed by atoms with Gasteiger partial charge in [-0.15, -0.1) is 0 Å². The van der Waals surface area contributed by atoms with Crippen molar-refractivity contribution in [3.8, 4) is 0 Å². The number of rotatable bonds is 3. The Hall–Kier alpha value is -2.79. The van der Waals surface area contributed by atoms with E-state index in [2.05, 4.69) is 5.32 Å². The maximum atomic E-state index is 13.2. The second-order valence-corrected chi connectivity index (χ2v) is 8.98. The van der Waals surface area contributed by atoms with Gasteiger partial charge in [-0.3, -0.25) is 14.5 Å². The van der Waals surface area contributed by atoms with Crippen LogP contribution in [0.25, 0.3) is 0 Å². The Morgan fingerprint density at radius 3 is 2.09 bits per heavy atom. The first-order chi connectivity index (χ1) is 16.3. The van der Waals surface area contributed by atoms with Gasteiger partial charge in [-0.2, -0.15) is 26.3 Å². The monoisotopic (exact) mass is 519 g/mol. The Morgan fingerprint density at radius 1 is 0.971 bits per heavy atom. The van der Waals surface area contributed by atoms with E-state index in [-0.39, 0.29) is 44.6 Å². The number of halogens is 7. The van der Waals surface area contributed by atoms with Crippen molar-refractivity contribution in [2.45, 2.75) is 37.3 Å². The van der Waals surface area contributed by atoms with E-state index in [9.17, 15) is 35.9 Å². The van der Waals surface area contributed by atoms with E-state index in [0.717, 1.165) is 5.56 Å². The molecule has 2 amide bonds. The molecule has 0 saturated carbocycles. The molecule has 0 aromatic heterocycles. The predicted octanol–water partition coefficient (Wildman–Crippen LogP) is 4.94. The van der Waals surface area contributed by atoms with Crippen molar-refractivity contribution in [2.75, 3.05) is 19.8 Å². The van der Waals surface area contributed by atoms with Gasteiger partial charge >= 0.3 is 12.4 Å². The summed E-state index contributed by atoms with van der Waals surface area (Å²) in [6.45, 7) is 0.585. The normalized spacial score (nSPS) is 18.7. The van der Waals surface area contributed by atoms with Crippen LogP contribution in [0.15, 0.2) is 42.5 Å². The summed E-state index contributed by atoms with van der Waals surface area (Å²) in [6.07, 6.45) is -9.77. The second kappa shape index (κ2) is 9.02. The molecule has 1 spiro atoms. The molecule has 2 aromatic rings. The largest absolute Gasteiger partial charge is 0.416 e. The first kappa shape index (κ1) is 25.3. The number of likely N-dealkylation sites (tertiary alicyclic amines) is 1. The predicted molar refractivity (Wildman–Crippen MR) is 114 cm³/mol. The minimum Gasteiger partial charge on any atom is -0.342 e. The van der Waals surface area contributed by atoms with Crippen LogP contribution in [0, 0.1) is 0 Å². The van der Waals surface area contributed by atoms with Gasteiger partial charge in [-0.1, -0.05) is 29.8 Å². The highest BCUT2D eigenvalue weighted by molar-refractivity contribution is 6.31. The highest BCUT2D eigenvalue weighted by Crippen LogP contribution is 2.38. The maximum absolute atomic E-state index is 13.2. The molecule has 2 aliphatic heterocycles. The summed E-state index contributed by atoms with van der Waals surface area (Å²) in [5.41, 5.74) is -3.96. The summed E-state index contributed by atoms with van der Waals surface area (Å²) < 4.78 is 79.1. The van der Waals surface area contributed by atoms with E-state index in [1.807, 2.05) is 17.0 Å². The smallest absolute Gasteiger partial charge is 0.342 e. The van der Waals surface area contributed by atoms with Gasteiger partial charge in [0.1, 0.15) is 5.54 Å². The van der Waals surface area contributed by atoms with E-state index in [4.69, 9.17) is 11.6 Å². The third kappa shape index (κ3) is 4.97. The van der Waals surface area contributed by atoms with Gasteiger partial charge in [0.25, 0.3) is 5.91 Å². The molecule has 0 radical (unpaired) electrons. The zero-order valence-electron chi connectivity index (χ0n) is 18.1. The second-order valence-electron chi connectivity index (χ2n) is 8.57. The molecule has 0 bridgehead atoms. The minimum atomic E-state index is -5.05. The van der Waals surface area contributed by atoms with E-state index >= 15 is 0 Å². The first-order valence-electron chi connectivity index (χ1n) is 10.7. The van der Waals surface area contributed by atoms with Crippen molar-refractivity contribution in [1.82, 2.24) is 15.1 Å². The van der Waals surface area contributed by atoms with Gasteiger partial charge in [-0.05, 0) is 42.7 Å². The zero-order valence-corrected chi connectivity index (χ0v) is 18.9. The van der Waals surface area contributed by atoms with Crippen LogP contribution in [-0.2, 0) is 23.7 Å². The number of piperidine rings is 1. The van der Waals surface area contributed by atoms with Gasteiger partial charge in [0.05, 0.1) is 17.8 Å². The van der Waals surface area contributed by atoms with E-state index < -0.39 is 40.5 Å². The summed E-state index contributed by atoms with van der Waals surface area (Å²) in [6, 6.07) is 7.96. The fourth-order valence-corrected chi connectivity index (χ4v) is 4.75. The average molecular weight is 520 g/mol. The molecule has 2 aliphatic rings. The lowest BCUT2D eigenvalue weighted by molar-refractivity contribution is -0.143. The molecule has 4 rings (SSSR count). The summed E-state index contributed by atoms with van der Waals surface area (Å²) in [5.74, 6) is -1.19. The molecule has 0 aliphatic carbocycles. The van der Waals surface area contributed by atoms with Gasteiger partial charge in [0.2, 0.25) is 5.91 Å². The van der Waals surface area contributed by atoms with Gasteiger partial charge < -0.3 is 10.2 Å². The molecule has 0 atom stereocenters. The summed E-state index contributed by atoms with van der Waals surface area (Å²) in [5, 5.41) is 3.31. The van der Waals surface area contributed by atoms with Gasteiger partial charge in [0.15, 0.2) is 0 Å². The molecule has 35 heavy (non-hydrogen) atoms. The summed E-state index contributed by atoms with van der Waals surface area (Å²) in [7, 11) is 0. The fraction of sp³-hybridized carbons (Fsp3) is 0.391. The van der Waals surface area contributed by atoms with Crippen LogP contribution in [0.1, 0.15) is 39.9 Å². The molecule has 1 N–H and O–H groups in total. The Balaban J connectivity index is 1.54. The summed E-state index contributed by atoms with van der Waals surface area (Å²) >= 11 is 6.24. The Kier molecular flexibility index (Phi) is 6.52. The molecule has 2 fully saturated rings. The van der Waals surface area contributed by atoms with Crippen LogP contribution in [0.4, 0.5) is 26.3 Å². The molecule has 2 aromatic carbocycles. The van der Waals surface area contributed by atoms with E-state index in [0.29, 0.717) is 23.7 Å². The van der Waals surface area contributed by atoms with Crippen LogP contribution >= 0.6 is 11.6 Å². The van der Waals surface area contributed by atoms with Crippen molar-refractivity contribution < 1.29 is 35.9 Å². The highest BCUT2D eigenvalue weighted by Gasteiger charge is 2.50. The number of nitrogens with zero attached hydrogens (tertiary/aromatic N) is 2. The van der Waals surface area contributed by atoms with Gasteiger partial charge in [-0.25, -0.2) is 0 Å². The Morgan fingerprint density at radius 2 is 1.54 bits per heavy atom. The summed E-state index contributed by atoms with van der Waals surface area (Å²) in [4.78, 5) is 28.7. The topological polar surface area (TPSA) is 52.7 Å². The van der Waals surface area contributed by atoms with Crippen LogP contribution < -0.4 is 5.32 Å². The van der Waals surface area contributed by atoms with E-state index in [1.54, 1.807) is 12.1 Å². The van der Waals surface area contributed by atoms with Crippen molar-refractivity contribution in [3.63, 3.8) is 0 Å². The molecule has 2 heterocycles.